The van der Waals surface area contributed by atoms with Crippen molar-refractivity contribution < 1.29 is 18.0 Å². The SMILES string of the molecule is CC(=O)NCCC(=O)Nc1ccc(S(=O)(=O)N(C)C(C)C)cc1. The van der Waals surface area contributed by atoms with Crippen molar-refractivity contribution in [2.45, 2.75) is 38.1 Å². The number of anilines is 1. The predicted octanol–water partition coefficient (Wildman–Crippen LogP) is 1.18. The van der Waals surface area contributed by atoms with Gasteiger partial charge in [0, 0.05) is 38.7 Å². The summed E-state index contributed by atoms with van der Waals surface area (Å²) in [6.07, 6.45) is 0.149. The monoisotopic (exact) mass is 341 g/mol. The first-order chi connectivity index (χ1) is 10.6. The Morgan fingerprint density at radius 3 is 2.22 bits per heavy atom. The van der Waals surface area contributed by atoms with Gasteiger partial charge in [0.25, 0.3) is 0 Å². The van der Waals surface area contributed by atoms with Gasteiger partial charge in [0.1, 0.15) is 0 Å². The molecule has 0 atom stereocenters. The van der Waals surface area contributed by atoms with Crippen LogP contribution in [0.15, 0.2) is 29.2 Å². The number of rotatable bonds is 7. The summed E-state index contributed by atoms with van der Waals surface area (Å²) in [6.45, 7) is 5.22. The third kappa shape index (κ3) is 5.65. The molecule has 8 heteroatoms. The van der Waals surface area contributed by atoms with Crippen LogP contribution in [0, 0.1) is 0 Å². The highest BCUT2D eigenvalue weighted by molar-refractivity contribution is 7.89. The molecule has 23 heavy (non-hydrogen) atoms. The maximum Gasteiger partial charge on any atom is 0.243 e. The van der Waals surface area contributed by atoms with Gasteiger partial charge in [-0.1, -0.05) is 0 Å². The van der Waals surface area contributed by atoms with E-state index < -0.39 is 10.0 Å². The van der Waals surface area contributed by atoms with Crippen LogP contribution in [0.4, 0.5) is 5.69 Å². The smallest absolute Gasteiger partial charge is 0.243 e. The minimum atomic E-state index is -3.53. The standard InChI is InChI=1S/C15H23N3O4S/c1-11(2)18(4)23(21,22)14-7-5-13(6-8-14)17-15(20)9-10-16-12(3)19/h5-8,11H,9-10H2,1-4H3,(H,16,19)(H,17,20). The average molecular weight is 341 g/mol. The van der Waals surface area contributed by atoms with Crippen molar-refractivity contribution in [3.05, 3.63) is 24.3 Å². The third-order valence-corrected chi connectivity index (χ3v) is 5.32. The molecule has 1 rings (SSSR count). The van der Waals surface area contributed by atoms with Gasteiger partial charge in [0.05, 0.1) is 4.90 Å². The van der Waals surface area contributed by atoms with Crippen LogP contribution in [0.1, 0.15) is 27.2 Å². The summed E-state index contributed by atoms with van der Waals surface area (Å²) in [4.78, 5) is 22.6. The molecule has 2 amide bonds. The zero-order valence-electron chi connectivity index (χ0n) is 13.8. The summed E-state index contributed by atoms with van der Waals surface area (Å²) in [6, 6.07) is 5.84. The molecular weight excluding hydrogens is 318 g/mol. The van der Waals surface area contributed by atoms with E-state index in [9.17, 15) is 18.0 Å². The fourth-order valence-electron chi connectivity index (χ4n) is 1.73. The molecular formula is C15H23N3O4S. The van der Waals surface area contributed by atoms with Crippen molar-refractivity contribution >= 4 is 27.5 Å². The minimum absolute atomic E-state index is 0.145. The van der Waals surface area contributed by atoms with Gasteiger partial charge in [0.2, 0.25) is 21.8 Å². The Morgan fingerprint density at radius 1 is 1.17 bits per heavy atom. The molecule has 7 nitrogen and oxygen atoms in total. The number of benzene rings is 1. The van der Waals surface area contributed by atoms with E-state index in [2.05, 4.69) is 10.6 Å². The number of sulfonamides is 1. The minimum Gasteiger partial charge on any atom is -0.356 e. The van der Waals surface area contributed by atoms with Crippen molar-refractivity contribution in [1.29, 1.82) is 0 Å². The molecule has 0 bridgehead atoms. The molecule has 0 aliphatic heterocycles. The Morgan fingerprint density at radius 2 is 1.74 bits per heavy atom. The molecule has 0 spiro atoms. The molecule has 0 saturated heterocycles. The highest BCUT2D eigenvalue weighted by Crippen LogP contribution is 2.19. The molecule has 128 valence electrons. The maximum atomic E-state index is 12.3. The molecule has 0 saturated carbocycles. The van der Waals surface area contributed by atoms with E-state index in [4.69, 9.17) is 0 Å². The van der Waals surface area contributed by atoms with Crippen molar-refractivity contribution in [3.63, 3.8) is 0 Å². The second kappa shape index (κ2) is 8.07. The molecule has 0 aliphatic carbocycles. The van der Waals surface area contributed by atoms with Crippen LogP contribution in [0.3, 0.4) is 0 Å². The summed E-state index contributed by atoms with van der Waals surface area (Å²) >= 11 is 0. The molecule has 1 aromatic carbocycles. The van der Waals surface area contributed by atoms with Crippen LogP contribution in [0.5, 0.6) is 0 Å². The van der Waals surface area contributed by atoms with Crippen LogP contribution in [0.2, 0.25) is 0 Å². The normalized spacial score (nSPS) is 11.6. The van der Waals surface area contributed by atoms with Crippen molar-refractivity contribution in [3.8, 4) is 0 Å². The second-order valence-electron chi connectivity index (χ2n) is 5.42. The van der Waals surface area contributed by atoms with E-state index in [1.807, 2.05) is 0 Å². The van der Waals surface area contributed by atoms with E-state index in [1.165, 1.54) is 42.5 Å². The largest absolute Gasteiger partial charge is 0.356 e. The van der Waals surface area contributed by atoms with E-state index in [0.29, 0.717) is 5.69 Å². The Balaban J connectivity index is 2.70. The Hall–Kier alpha value is -1.93. The highest BCUT2D eigenvalue weighted by atomic mass is 32.2. The lowest BCUT2D eigenvalue weighted by Gasteiger charge is -2.21. The zero-order valence-corrected chi connectivity index (χ0v) is 14.6. The van der Waals surface area contributed by atoms with Crippen LogP contribution in [-0.2, 0) is 19.6 Å². The molecule has 0 fully saturated rings. The number of carbonyl (C=O) groups is 2. The number of nitrogens with one attached hydrogen (secondary N) is 2. The van der Waals surface area contributed by atoms with Crippen molar-refractivity contribution in [2.24, 2.45) is 0 Å². The predicted molar refractivity (Wildman–Crippen MR) is 88.5 cm³/mol. The number of hydrogen-bond donors (Lipinski definition) is 2. The summed E-state index contributed by atoms with van der Waals surface area (Å²) in [5.74, 6) is -0.449. The number of amides is 2. The molecule has 0 aromatic heterocycles. The topological polar surface area (TPSA) is 95.6 Å². The van der Waals surface area contributed by atoms with E-state index in [0.717, 1.165) is 0 Å². The van der Waals surface area contributed by atoms with Gasteiger partial charge < -0.3 is 10.6 Å². The van der Waals surface area contributed by atoms with Crippen LogP contribution >= 0.6 is 0 Å². The summed E-state index contributed by atoms with van der Waals surface area (Å²) in [7, 11) is -2.01. The van der Waals surface area contributed by atoms with Crippen LogP contribution < -0.4 is 10.6 Å². The number of carbonyl (C=O) groups excluding carboxylic acids is 2. The molecule has 2 N–H and O–H groups in total. The molecule has 0 aliphatic rings. The molecule has 1 aromatic rings. The molecule has 0 unspecified atom stereocenters. The third-order valence-electron chi connectivity index (χ3n) is 3.27. The van der Waals surface area contributed by atoms with Crippen LogP contribution in [0.25, 0.3) is 0 Å². The number of nitrogens with zero attached hydrogens (tertiary/aromatic N) is 1. The first-order valence-electron chi connectivity index (χ1n) is 7.27. The van der Waals surface area contributed by atoms with Gasteiger partial charge in [-0.2, -0.15) is 4.31 Å². The van der Waals surface area contributed by atoms with Crippen molar-refractivity contribution in [1.82, 2.24) is 9.62 Å². The highest BCUT2D eigenvalue weighted by Gasteiger charge is 2.22. The average Bonchev–Trinajstić information content (AvgIpc) is 2.46. The van der Waals surface area contributed by atoms with E-state index >= 15 is 0 Å². The van der Waals surface area contributed by atoms with Gasteiger partial charge in [-0.3, -0.25) is 9.59 Å². The Labute approximate surface area is 137 Å². The lowest BCUT2D eigenvalue weighted by Crippen LogP contribution is -2.33. The lowest BCUT2D eigenvalue weighted by atomic mass is 10.3. The van der Waals surface area contributed by atoms with Gasteiger partial charge in [-0.15, -0.1) is 0 Å². The van der Waals surface area contributed by atoms with E-state index in [-0.39, 0.29) is 35.7 Å². The first-order valence-corrected chi connectivity index (χ1v) is 8.71. The molecule has 0 heterocycles. The van der Waals surface area contributed by atoms with Gasteiger partial charge in [0.15, 0.2) is 0 Å². The van der Waals surface area contributed by atoms with Gasteiger partial charge in [-0.25, -0.2) is 8.42 Å². The quantitative estimate of drug-likeness (QED) is 0.778. The maximum absolute atomic E-state index is 12.3. The first kappa shape index (κ1) is 19.1. The fraction of sp³-hybridized carbons (Fsp3) is 0.467. The van der Waals surface area contributed by atoms with Crippen LogP contribution in [-0.4, -0.2) is 44.2 Å². The molecule has 0 radical (unpaired) electrons. The lowest BCUT2D eigenvalue weighted by molar-refractivity contribution is -0.119. The van der Waals surface area contributed by atoms with E-state index in [1.54, 1.807) is 13.8 Å². The second-order valence-corrected chi connectivity index (χ2v) is 7.42. The summed E-state index contributed by atoms with van der Waals surface area (Å²) in [5.41, 5.74) is 0.504. The summed E-state index contributed by atoms with van der Waals surface area (Å²) < 4.78 is 25.9. The van der Waals surface area contributed by atoms with Gasteiger partial charge >= 0.3 is 0 Å². The summed E-state index contributed by atoms with van der Waals surface area (Å²) in [5, 5.41) is 5.18. The Kier molecular flexibility index (Phi) is 6.71. The van der Waals surface area contributed by atoms with Gasteiger partial charge in [-0.05, 0) is 38.1 Å². The number of hydrogen-bond acceptors (Lipinski definition) is 4. The Bertz CT molecular complexity index is 654. The zero-order chi connectivity index (χ0) is 17.6. The van der Waals surface area contributed by atoms with Crippen molar-refractivity contribution in [2.75, 3.05) is 18.9 Å². The fourth-order valence-corrected chi connectivity index (χ4v) is 3.10.